The van der Waals surface area contributed by atoms with Gasteiger partial charge in [0.1, 0.15) is 0 Å². The second-order valence-electron chi connectivity index (χ2n) is 4.54. The van der Waals surface area contributed by atoms with Crippen LogP contribution >= 0.6 is 15.9 Å². The topological polar surface area (TPSA) is 20.3 Å². The van der Waals surface area contributed by atoms with Crippen LogP contribution in [0.25, 0.3) is 0 Å². The van der Waals surface area contributed by atoms with Gasteiger partial charge in [0.05, 0.1) is 6.42 Å². The lowest BCUT2D eigenvalue weighted by Crippen LogP contribution is -2.27. The Balaban J connectivity index is 1.94. The third-order valence-electron chi connectivity index (χ3n) is 2.96. The molecule has 3 heteroatoms. The van der Waals surface area contributed by atoms with Crippen molar-refractivity contribution in [1.29, 1.82) is 0 Å². The summed E-state index contributed by atoms with van der Waals surface area (Å²) in [6, 6.07) is 17.9. The number of carbonyl (C=O) groups is 1. The fourth-order valence-corrected chi connectivity index (χ4v) is 2.12. The van der Waals surface area contributed by atoms with Crippen LogP contribution in [-0.4, -0.2) is 17.9 Å². The van der Waals surface area contributed by atoms with E-state index in [2.05, 4.69) is 15.9 Å². The van der Waals surface area contributed by atoms with Crippen LogP contribution in [0.1, 0.15) is 11.1 Å². The Hall–Kier alpha value is -1.61. The molecule has 0 radical (unpaired) electrons. The van der Waals surface area contributed by atoms with Crippen molar-refractivity contribution in [2.24, 2.45) is 0 Å². The van der Waals surface area contributed by atoms with Gasteiger partial charge in [-0.25, -0.2) is 0 Å². The fourth-order valence-electron chi connectivity index (χ4n) is 1.86. The Morgan fingerprint density at radius 2 is 1.63 bits per heavy atom. The summed E-state index contributed by atoms with van der Waals surface area (Å²) < 4.78 is 1.05. The number of amides is 1. The molecule has 0 aliphatic rings. The molecule has 0 N–H and O–H groups in total. The Morgan fingerprint density at radius 1 is 1.00 bits per heavy atom. The first-order chi connectivity index (χ1) is 9.15. The zero-order valence-electron chi connectivity index (χ0n) is 10.8. The SMILES string of the molecule is CN(Cc1ccc(Br)cc1)C(=O)Cc1ccccc1. The average Bonchev–Trinajstić information content (AvgIpc) is 2.42. The molecule has 0 saturated heterocycles. The number of likely N-dealkylation sites (N-methyl/N-ethyl adjacent to an activating group) is 1. The summed E-state index contributed by atoms with van der Waals surface area (Å²) in [4.78, 5) is 13.9. The number of carbonyl (C=O) groups excluding carboxylic acids is 1. The maximum absolute atomic E-state index is 12.1. The minimum Gasteiger partial charge on any atom is -0.341 e. The van der Waals surface area contributed by atoms with Crippen LogP contribution in [0.2, 0.25) is 0 Å². The first kappa shape index (κ1) is 13.8. The fraction of sp³-hybridized carbons (Fsp3) is 0.188. The number of halogens is 1. The summed E-state index contributed by atoms with van der Waals surface area (Å²) in [6.45, 7) is 0.638. The van der Waals surface area contributed by atoms with Gasteiger partial charge >= 0.3 is 0 Å². The van der Waals surface area contributed by atoms with E-state index in [9.17, 15) is 4.79 Å². The molecule has 0 aliphatic carbocycles. The molecule has 0 fully saturated rings. The van der Waals surface area contributed by atoms with Gasteiger partial charge in [-0.05, 0) is 23.3 Å². The van der Waals surface area contributed by atoms with Crippen molar-refractivity contribution in [2.75, 3.05) is 7.05 Å². The maximum Gasteiger partial charge on any atom is 0.227 e. The second-order valence-corrected chi connectivity index (χ2v) is 5.45. The van der Waals surface area contributed by atoms with Crippen molar-refractivity contribution < 1.29 is 4.79 Å². The summed E-state index contributed by atoms with van der Waals surface area (Å²) in [5.74, 6) is 0.133. The van der Waals surface area contributed by atoms with E-state index in [-0.39, 0.29) is 5.91 Å². The predicted octanol–water partition coefficient (Wildman–Crippen LogP) is 3.65. The van der Waals surface area contributed by atoms with Gasteiger partial charge < -0.3 is 4.90 Å². The van der Waals surface area contributed by atoms with Crippen LogP contribution in [0.5, 0.6) is 0 Å². The molecule has 98 valence electrons. The first-order valence-electron chi connectivity index (χ1n) is 6.17. The Kier molecular flexibility index (Phi) is 4.74. The molecule has 0 spiro atoms. The van der Waals surface area contributed by atoms with Gasteiger partial charge in [0.2, 0.25) is 5.91 Å². The molecule has 0 unspecified atom stereocenters. The zero-order valence-corrected chi connectivity index (χ0v) is 12.4. The molecule has 19 heavy (non-hydrogen) atoms. The van der Waals surface area contributed by atoms with Gasteiger partial charge in [-0.3, -0.25) is 4.79 Å². The molecule has 0 bridgehead atoms. The highest BCUT2D eigenvalue weighted by molar-refractivity contribution is 9.10. The number of rotatable bonds is 4. The predicted molar refractivity (Wildman–Crippen MR) is 80.8 cm³/mol. The summed E-state index contributed by atoms with van der Waals surface area (Å²) in [7, 11) is 1.84. The van der Waals surface area contributed by atoms with Crippen molar-refractivity contribution in [3.8, 4) is 0 Å². The van der Waals surface area contributed by atoms with Crippen LogP contribution in [0.4, 0.5) is 0 Å². The van der Waals surface area contributed by atoms with Crippen molar-refractivity contribution in [3.05, 3.63) is 70.2 Å². The van der Waals surface area contributed by atoms with Gasteiger partial charge in [0, 0.05) is 18.1 Å². The average molecular weight is 318 g/mol. The summed E-state index contributed by atoms with van der Waals surface area (Å²) in [5, 5.41) is 0. The Bertz CT molecular complexity index is 536. The molecule has 2 aromatic carbocycles. The molecule has 2 rings (SSSR count). The monoisotopic (exact) mass is 317 g/mol. The smallest absolute Gasteiger partial charge is 0.227 e. The van der Waals surface area contributed by atoms with Crippen LogP contribution < -0.4 is 0 Å². The number of hydrogen-bond acceptors (Lipinski definition) is 1. The van der Waals surface area contributed by atoms with E-state index in [1.54, 1.807) is 4.90 Å². The van der Waals surface area contributed by atoms with Gasteiger partial charge in [-0.15, -0.1) is 0 Å². The Morgan fingerprint density at radius 3 is 2.26 bits per heavy atom. The van der Waals surface area contributed by atoms with Crippen molar-refractivity contribution >= 4 is 21.8 Å². The normalized spacial score (nSPS) is 10.2. The quantitative estimate of drug-likeness (QED) is 0.843. The lowest BCUT2D eigenvalue weighted by molar-refractivity contribution is -0.129. The van der Waals surface area contributed by atoms with Crippen molar-refractivity contribution in [3.63, 3.8) is 0 Å². The van der Waals surface area contributed by atoms with E-state index < -0.39 is 0 Å². The van der Waals surface area contributed by atoms with E-state index in [0.717, 1.165) is 15.6 Å². The van der Waals surface area contributed by atoms with Crippen LogP contribution in [0.15, 0.2) is 59.1 Å². The van der Waals surface area contributed by atoms with Crippen molar-refractivity contribution in [1.82, 2.24) is 4.90 Å². The molecule has 0 saturated carbocycles. The largest absolute Gasteiger partial charge is 0.341 e. The van der Waals surface area contributed by atoms with Crippen LogP contribution in [0, 0.1) is 0 Å². The molecule has 0 aromatic heterocycles. The molecule has 2 aromatic rings. The van der Waals surface area contributed by atoms with Crippen molar-refractivity contribution in [2.45, 2.75) is 13.0 Å². The second kappa shape index (κ2) is 6.53. The van der Waals surface area contributed by atoms with Crippen LogP contribution in [0.3, 0.4) is 0 Å². The molecular weight excluding hydrogens is 302 g/mol. The lowest BCUT2D eigenvalue weighted by atomic mass is 10.1. The van der Waals surface area contributed by atoms with E-state index in [4.69, 9.17) is 0 Å². The van der Waals surface area contributed by atoms with E-state index in [1.165, 1.54) is 0 Å². The highest BCUT2D eigenvalue weighted by Gasteiger charge is 2.09. The van der Waals surface area contributed by atoms with Gasteiger partial charge in [0.25, 0.3) is 0 Å². The van der Waals surface area contributed by atoms with Gasteiger partial charge in [-0.1, -0.05) is 58.4 Å². The summed E-state index contributed by atoms with van der Waals surface area (Å²) in [5.41, 5.74) is 2.18. The lowest BCUT2D eigenvalue weighted by Gasteiger charge is -2.17. The maximum atomic E-state index is 12.1. The molecule has 2 nitrogen and oxygen atoms in total. The van der Waals surface area contributed by atoms with E-state index in [1.807, 2.05) is 61.6 Å². The summed E-state index contributed by atoms with van der Waals surface area (Å²) in [6.07, 6.45) is 0.452. The van der Waals surface area contributed by atoms with E-state index >= 15 is 0 Å². The number of hydrogen-bond donors (Lipinski definition) is 0. The number of nitrogens with zero attached hydrogens (tertiary/aromatic N) is 1. The highest BCUT2D eigenvalue weighted by Crippen LogP contribution is 2.12. The molecular formula is C16H16BrNO. The third kappa shape index (κ3) is 4.21. The van der Waals surface area contributed by atoms with E-state index in [0.29, 0.717) is 13.0 Å². The molecule has 1 amide bonds. The standard InChI is InChI=1S/C16H16BrNO/c1-18(12-14-7-9-15(17)10-8-14)16(19)11-13-5-3-2-4-6-13/h2-10H,11-12H2,1H3. The Labute approximate surface area is 122 Å². The summed E-state index contributed by atoms with van der Waals surface area (Å²) >= 11 is 3.40. The van der Waals surface area contributed by atoms with Gasteiger partial charge in [-0.2, -0.15) is 0 Å². The van der Waals surface area contributed by atoms with Gasteiger partial charge in [0.15, 0.2) is 0 Å². The highest BCUT2D eigenvalue weighted by atomic mass is 79.9. The number of benzene rings is 2. The molecule has 0 aliphatic heterocycles. The minimum absolute atomic E-state index is 0.133. The molecule has 0 heterocycles. The molecule has 0 atom stereocenters. The zero-order chi connectivity index (χ0) is 13.7. The van der Waals surface area contributed by atoms with Crippen LogP contribution in [-0.2, 0) is 17.8 Å². The third-order valence-corrected chi connectivity index (χ3v) is 3.49. The first-order valence-corrected chi connectivity index (χ1v) is 6.97. The minimum atomic E-state index is 0.133.